The molecular formula is C22H36O10S2. The summed E-state index contributed by atoms with van der Waals surface area (Å²) in [5, 5.41) is 32.4. The van der Waals surface area contributed by atoms with Gasteiger partial charge in [-0.15, -0.1) is 0 Å². The highest BCUT2D eigenvalue weighted by atomic mass is 32.2. The first-order valence-electron chi connectivity index (χ1n) is 10.3. The van der Waals surface area contributed by atoms with Crippen LogP contribution in [0.5, 0.6) is 0 Å². The van der Waals surface area contributed by atoms with E-state index in [0.29, 0.717) is 12.8 Å². The van der Waals surface area contributed by atoms with Gasteiger partial charge in [0.15, 0.2) is 12.6 Å². The van der Waals surface area contributed by atoms with Gasteiger partial charge >= 0.3 is 0 Å². The van der Waals surface area contributed by atoms with Crippen LogP contribution in [-0.4, -0.2) is 58.9 Å². The van der Waals surface area contributed by atoms with Crippen molar-refractivity contribution in [2.45, 2.75) is 75.7 Å². The fraction of sp³-hybridized carbons (Fsp3) is 0.455. The number of benzene rings is 2. The lowest BCUT2D eigenvalue weighted by molar-refractivity contribution is -0.0460. The lowest BCUT2D eigenvalue weighted by Crippen LogP contribution is -2.01. The van der Waals surface area contributed by atoms with Crippen molar-refractivity contribution in [1.82, 2.24) is 0 Å². The van der Waals surface area contributed by atoms with Crippen molar-refractivity contribution in [2.75, 3.05) is 0 Å². The van der Waals surface area contributed by atoms with E-state index in [4.69, 9.17) is 29.5 Å². The van der Waals surface area contributed by atoms with Crippen molar-refractivity contribution in [3.63, 3.8) is 0 Å². The minimum atomic E-state index is -4.02. The summed E-state index contributed by atoms with van der Waals surface area (Å²) in [7, 11) is -8.04. The zero-order valence-corrected chi connectivity index (χ0v) is 21.4. The van der Waals surface area contributed by atoms with E-state index in [-0.39, 0.29) is 9.79 Å². The van der Waals surface area contributed by atoms with Crippen LogP contribution in [0.3, 0.4) is 0 Å². The number of hydrogen-bond acceptors (Lipinski definition) is 8. The van der Waals surface area contributed by atoms with Gasteiger partial charge in [-0.25, -0.2) is 0 Å². The molecule has 0 saturated heterocycles. The summed E-state index contributed by atoms with van der Waals surface area (Å²) in [6, 6.07) is 12.0. The van der Waals surface area contributed by atoms with E-state index in [9.17, 15) is 16.8 Å². The first-order valence-corrected chi connectivity index (χ1v) is 13.2. The smallest absolute Gasteiger partial charge is 0.294 e. The second-order valence-corrected chi connectivity index (χ2v) is 9.96. The largest absolute Gasteiger partial charge is 0.368 e. The molecule has 34 heavy (non-hydrogen) atoms. The van der Waals surface area contributed by atoms with Gasteiger partial charge in [0.2, 0.25) is 0 Å². The summed E-state index contributed by atoms with van der Waals surface area (Å²) in [5.41, 5.74) is 1.91. The van der Waals surface area contributed by atoms with Crippen molar-refractivity contribution in [3.05, 3.63) is 59.7 Å². The van der Waals surface area contributed by atoms with Crippen LogP contribution in [0.15, 0.2) is 58.3 Å². The van der Waals surface area contributed by atoms with Gasteiger partial charge in [-0.1, -0.05) is 62.1 Å². The molecule has 196 valence electrons. The van der Waals surface area contributed by atoms with Crippen molar-refractivity contribution >= 4 is 20.2 Å². The first kappa shape index (κ1) is 34.3. The number of aliphatic hydroxyl groups is 4. The molecule has 0 unspecified atom stereocenters. The lowest BCUT2D eigenvalue weighted by atomic mass is 10.2. The molecule has 0 amide bonds. The van der Waals surface area contributed by atoms with Gasteiger partial charge in [-0.2, -0.15) is 16.8 Å². The third-order valence-electron chi connectivity index (χ3n) is 3.73. The van der Waals surface area contributed by atoms with Crippen LogP contribution >= 0.6 is 0 Å². The van der Waals surface area contributed by atoms with E-state index in [1.54, 1.807) is 24.3 Å². The molecule has 0 bridgehead atoms. The Kier molecular flexibility index (Phi) is 17.7. The molecule has 0 saturated carbocycles. The van der Waals surface area contributed by atoms with Crippen molar-refractivity contribution in [2.24, 2.45) is 0 Å². The van der Waals surface area contributed by atoms with Gasteiger partial charge in [-0.05, 0) is 51.0 Å². The molecule has 0 radical (unpaired) electrons. The predicted molar refractivity (Wildman–Crippen MR) is 128 cm³/mol. The Balaban J connectivity index is 0. The van der Waals surface area contributed by atoms with Gasteiger partial charge in [0.25, 0.3) is 20.2 Å². The van der Waals surface area contributed by atoms with Gasteiger partial charge in [-0.3, -0.25) is 9.11 Å². The molecule has 0 aliphatic heterocycles. The van der Waals surface area contributed by atoms with E-state index in [1.807, 2.05) is 27.7 Å². The maximum atomic E-state index is 10.5. The third-order valence-corrected chi connectivity index (χ3v) is 5.47. The van der Waals surface area contributed by atoms with Crippen LogP contribution < -0.4 is 0 Å². The fourth-order valence-electron chi connectivity index (χ4n) is 1.94. The molecular weight excluding hydrogens is 488 g/mol. The van der Waals surface area contributed by atoms with E-state index in [0.717, 1.165) is 24.0 Å². The monoisotopic (exact) mass is 524 g/mol. The molecule has 0 aliphatic rings. The van der Waals surface area contributed by atoms with Crippen LogP contribution in [-0.2, 0) is 20.2 Å². The summed E-state index contributed by atoms with van der Waals surface area (Å²) in [5.74, 6) is 0. The van der Waals surface area contributed by atoms with E-state index in [2.05, 4.69) is 0 Å². The van der Waals surface area contributed by atoms with Gasteiger partial charge < -0.3 is 20.4 Å². The van der Waals surface area contributed by atoms with Crippen molar-refractivity contribution in [3.8, 4) is 0 Å². The molecule has 0 spiro atoms. The highest BCUT2D eigenvalue weighted by Gasteiger charge is 2.07. The van der Waals surface area contributed by atoms with Gasteiger partial charge in [0.1, 0.15) is 0 Å². The molecule has 0 aliphatic carbocycles. The Bertz CT molecular complexity index is 899. The quantitative estimate of drug-likeness (QED) is 0.242. The minimum absolute atomic E-state index is 0.0666. The highest BCUT2D eigenvalue weighted by molar-refractivity contribution is 7.86. The average Bonchev–Trinajstić information content (AvgIpc) is 2.68. The van der Waals surface area contributed by atoms with Crippen molar-refractivity contribution in [1.29, 1.82) is 0 Å². The van der Waals surface area contributed by atoms with Gasteiger partial charge in [0.05, 0.1) is 9.79 Å². The average molecular weight is 525 g/mol. The van der Waals surface area contributed by atoms with Crippen LogP contribution in [0.2, 0.25) is 0 Å². The number of aliphatic hydroxyl groups excluding tert-OH is 2. The fourth-order valence-corrected chi connectivity index (χ4v) is 2.90. The minimum Gasteiger partial charge on any atom is -0.368 e. The molecule has 10 nitrogen and oxygen atoms in total. The second-order valence-electron chi connectivity index (χ2n) is 7.11. The van der Waals surface area contributed by atoms with E-state index in [1.165, 1.54) is 24.3 Å². The molecule has 2 aromatic carbocycles. The Morgan fingerprint density at radius 1 is 0.588 bits per heavy atom. The summed E-state index contributed by atoms with van der Waals surface area (Å²) in [4.78, 5) is -0.133. The number of rotatable bonds is 6. The summed E-state index contributed by atoms with van der Waals surface area (Å²) >= 11 is 0. The Morgan fingerprint density at radius 3 is 0.941 bits per heavy atom. The SMILES string of the molecule is CCCC(O)O.CCCC(O)O.Cc1ccc(S(=O)(=O)O)cc1.Cc1ccc(S(=O)(=O)O)cc1. The standard InChI is InChI=1S/2C7H8O3S.2C4H10O2/c2*1-6-2-4-7(5-3-6)11(8,9)10;2*1-2-3-4(5)6/h2*2-5H,1H3,(H,8,9,10);2*4-6H,2-3H2,1H3. The Hall–Kier alpha value is -1.90. The second kappa shape index (κ2) is 17.5. The Morgan fingerprint density at radius 2 is 0.824 bits per heavy atom. The Labute approximate surface area is 202 Å². The van der Waals surface area contributed by atoms with Crippen LogP contribution in [0.4, 0.5) is 0 Å². The highest BCUT2D eigenvalue weighted by Crippen LogP contribution is 2.09. The molecule has 12 heteroatoms. The molecule has 0 aromatic heterocycles. The predicted octanol–water partition coefficient (Wildman–Crippen LogP) is 2.68. The first-order chi connectivity index (χ1) is 15.5. The summed E-state index contributed by atoms with van der Waals surface area (Å²) in [6.45, 7) is 7.49. The zero-order valence-electron chi connectivity index (χ0n) is 19.7. The molecule has 0 fully saturated rings. The number of hydrogen-bond donors (Lipinski definition) is 6. The molecule has 2 rings (SSSR count). The molecule has 6 N–H and O–H groups in total. The third kappa shape index (κ3) is 19.6. The van der Waals surface area contributed by atoms with E-state index < -0.39 is 32.8 Å². The molecule has 0 heterocycles. The molecule has 0 atom stereocenters. The summed E-state index contributed by atoms with van der Waals surface area (Å²) in [6.07, 6.45) is 0.431. The van der Waals surface area contributed by atoms with E-state index >= 15 is 0 Å². The van der Waals surface area contributed by atoms with Crippen LogP contribution in [0.25, 0.3) is 0 Å². The maximum Gasteiger partial charge on any atom is 0.294 e. The lowest BCUT2D eigenvalue weighted by Gasteiger charge is -1.95. The van der Waals surface area contributed by atoms with Crippen LogP contribution in [0.1, 0.15) is 50.7 Å². The molecule has 2 aromatic rings. The van der Waals surface area contributed by atoms with Crippen LogP contribution in [0, 0.1) is 13.8 Å². The topological polar surface area (TPSA) is 190 Å². The summed E-state index contributed by atoms with van der Waals surface area (Å²) < 4.78 is 59.1. The van der Waals surface area contributed by atoms with Crippen molar-refractivity contribution < 1.29 is 46.4 Å². The maximum absolute atomic E-state index is 10.5. The zero-order chi connectivity index (χ0) is 26.9. The normalized spacial score (nSPS) is 10.9. The number of aryl methyl sites for hydroxylation is 2. The van der Waals surface area contributed by atoms with Gasteiger partial charge in [0, 0.05) is 0 Å².